The number of nitrogens with zero attached hydrogens (tertiary/aromatic N) is 2. The maximum atomic E-state index is 6.45. The molecular formula is C55H36N2O2. The van der Waals surface area contributed by atoms with E-state index < -0.39 is 0 Å². The molecule has 9 aromatic carbocycles. The fourth-order valence-electron chi connectivity index (χ4n) is 8.13. The first-order chi connectivity index (χ1) is 29.2. The van der Waals surface area contributed by atoms with Crippen molar-refractivity contribution < 1.29 is 8.83 Å². The Morgan fingerprint density at radius 3 is 1.42 bits per heavy atom. The molecular weight excluding hydrogens is 721 g/mol. The lowest BCUT2D eigenvalue weighted by Crippen LogP contribution is -2.11. The summed E-state index contributed by atoms with van der Waals surface area (Å²) in [6.07, 6.45) is 0. The van der Waals surface area contributed by atoms with Crippen LogP contribution in [0.3, 0.4) is 0 Å². The Morgan fingerprint density at radius 1 is 0.322 bits per heavy atom. The molecule has 0 radical (unpaired) electrons. The number of fused-ring (bicyclic) bond motifs is 4. The van der Waals surface area contributed by atoms with Crippen LogP contribution in [0.15, 0.2) is 227 Å². The average molecular weight is 757 g/mol. The molecule has 0 atom stereocenters. The van der Waals surface area contributed by atoms with Gasteiger partial charge in [-0.3, -0.25) is 0 Å². The zero-order chi connectivity index (χ0) is 39.1. The normalized spacial score (nSPS) is 11.4. The fourth-order valence-corrected chi connectivity index (χ4v) is 8.13. The number of hydrogen-bond donors (Lipinski definition) is 0. The van der Waals surface area contributed by atoms with E-state index >= 15 is 0 Å². The van der Waals surface area contributed by atoms with E-state index in [1.165, 1.54) is 22.3 Å². The van der Waals surface area contributed by atoms with Crippen LogP contribution < -0.4 is 4.90 Å². The summed E-state index contributed by atoms with van der Waals surface area (Å²) >= 11 is 0. The SMILES string of the molecule is c1ccc(-c2ccc(-c3ccccc3N(c3ccc(-c4ccccc4)cc3)c3ccc(-c4ccc5c(c4)oc4cc6oc(-c7ccccc7)nc6cc45)cc3)cc2)cc1. The van der Waals surface area contributed by atoms with Gasteiger partial charge in [0.2, 0.25) is 5.89 Å². The Bertz CT molecular complexity index is 3220. The Hall–Kier alpha value is -7.95. The van der Waals surface area contributed by atoms with E-state index in [-0.39, 0.29) is 0 Å². The number of oxazole rings is 1. The fraction of sp³-hybridized carbons (Fsp3) is 0. The molecule has 0 saturated heterocycles. The van der Waals surface area contributed by atoms with Gasteiger partial charge in [0.25, 0.3) is 0 Å². The van der Waals surface area contributed by atoms with E-state index in [9.17, 15) is 0 Å². The number of furan rings is 1. The largest absolute Gasteiger partial charge is 0.456 e. The van der Waals surface area contributed by atoms with Crippen molar-refractivity contribution in [1.82, 2.24) is 4.98 Å². The van der Waals surface area contributed by atoms with Gasteiger partial charge in [-0.1, -0.05) is 152 Å². The zero-order valence-electron chi connectivity index (χ0n) is 32.0. The van der Waals surface area contributed by atoms with Crippen LogP contribution in [0.25, 0.3) is 89.0 Å². The van der Waals surface area contributed by atoms with E-state index in [2.05, 4.69) is 187 Å². The molecule has 0 fully saturated rings. The summed E-state index contributed by atoms with van der Waals surface area (Å²) < 4.78 is 12.6. The smallest absolute Gasteiger partial charge is 0.227 e. The number of para-hydroxylation sites is 1. The first-order valence-electron chi connectivity index (χ1n) is 19.9. The highest BCUT2D eigenvalue weighted by molar-refractivity contribution is 6.09. The molecule has 2 heterocycles. The highest BCUT2D eigenvalue weighted by Crippen LogP contribution is 2.43. The van der Waals surface area contributed by atoms with Crippen LogP contribution in [-0.4, -0.2) is 4.98 Å². The summed E-state index contributed by atoms with van der Waals surface area (Å²) in [4.78, 5) is 7.15. The minimum absolute atomic E-state index is 0.604. The van der Waals surface area contributed by atoms with Gasteiger partial charge in [0.05, 0.1) is 5.69 Å². The topological polar surface area (TPSA) is 42.4 Å². The van der Waals surface area contributed by atoms with Crippen molar-refractivity contribution >= 4 is 50.1 Å². The van der Waals surface area contributed by atoms with Crippen molar-refractivity contribution in [3.05, 3.63) is 218 Å². The van der Waals surface area contributed by atoms with E-state index in [1.807, 2.05) is 36.4 Å². The van der Waals surface area contributed by atoms with Crippen molar-refractivity contribution in [3.8, 4) is 56.0 Å². The van der Waals surface area contributed by atoms with E-state index in [0.29, 0.717) is 11.5 Å². The quantitative estimate of drug-likeness (QED) is 0.155. The molecule has 0 aliphatic rings. The first-order valence-corrected chi connectivity index (χ1v) is 19.9. The monoisotopic (exact) mass is 756 g/mol. The van der Waals surface area contributed by atoms with Crippen LogP contribution in [0.4, 0.5) is 17.1 Å². The van der Waals surface area contributed by atoms with Crippen LogP contribution in [0, 0.1) is 0 Å². The molecule has 11 aromatic rings. The molecule has 0 spiro atoms. The second-order valence-corrected chi connectivity index (χ2v) is 14.8. The van der Waals surface area contributed by atoms with Crippen LogP contribution in [0.1, 0.15) is 0 Å². The molecule has 11 rings (SSSR count). The van der Waals surface area contributed by atoms with Gasteiger partial charge in [-0.25, -0.2) is 4.98 Å². The van der Waals surface area contributed by atoms with Crippen molar-refractivity contribution in [2.75, 3.05) is 4.90 Å². The summed E-state index contributed by atoms with van der Waals surface area (Å²) in [6.45, 7) is 0. The maximum absolute atomic E-state index is 6.45. The van der Waals surface area contributed by atoms with Crippen LogP contribution >= 0.6 is 0 Å². The summed E-state index contributed by atoms with van der Waals surface area (Å²) in [5.74, 6) is 0.604. The Morgan fingerprint density at radius 2 is 0.797 bits per heavy atom. The van der Waals surface area contributed by atoms with Crippen molar-refractivity contribution in [2.24, 2.45) is 0 Å². The molecule has 0 saturated carbocycles. The van der Waals surface area contributed by atoms with Crippen molar-refractivity contribution in [3.63, 3.8) is 0 Å². The molecule has 0 bridgehead atoms. The standard InChI is InChI=1S/C55H36N2O2/c1-4-12-37(13-5-1)39-20-22-42(23-21-39)47-18-10-11-19-51(47)57(45-29-24-40(25-30-45)38-14-6-2-7-15-38)46-31-26-41(27-32-46)44-28-33-48-49-35-50-54(36-53(49)58-52(48)34-44)59-55(56-50)43-16-8-3-9-17-43/h1-36H. The zero-order valence-corrected chi connectivity index (χ0v) is 32.0. The molecule has 0 N–H and O–H groups in total. The minimum Gasteiger partial charge on any atom is -0.456 e. The van der Waals surface area contributed by atoms with Crippen molar-refractivity contribution in [1.29, 1.82) is 0 Å². The second-order valence-electron chi connectivity index (χ2n) is 14.8. The highest BCUT2D eigenvalue weighted by Gasteiger charge is 2.19. The predicted molar refractivity (Wildman–Crippen MR) is 243 cm³/mol. The summed E-state index contributed by atoms with van der Waals surface area (Å²) in [5.41, 5.74) is 16.5. The lowest BCUT2D eigenvalue weighted by Gasteiger charge is -2.28. The van der Waals surface area contributed by atoms with Crippen LogP contribution in [0.5, 0.6) is 0 Å². The molecule has 0 aliphatic carbocycles. The summed E-state index contributed by atoms with van der Waals surface area (Å²) in [5, 5.41) is 2.06. The van der Waals surface area contributed by atoms with Crippen LogP contribution in [-0.2, 0) is 0 Å². The van der Waals surface area contributed by atoms with Gasteiger partial charge in [0.1, 0.15) is 16.7 Å². The maximum Gasteiger partial charge on any atom is 0.227 e. The third-order valence-electron chi connectivity index (χ3n) is 11.1. The molecule has 4 nitrogen and oxygen atoms in total. The number of anilines is 3. The molecule has 4 heteroatoms. The predicted octanol–water partition coefficient (Wildman–Crippen LogP) is 15.5. The second kappa shape index (κ2) is 14.5. The first kappa shape index (κ1) is 34.3. The summed E-state index contributed by atoms with van der Waals surface area (Å²) in [7, 11) is 0. The lowest BCUT2D eigenvalue weighted by atomic mass is 9.98. The number of rotatable bonds is 8. The third-order valence-corrected chi connectivity index (χ3v) is 11.1. The van der Waals surface area contributed by atoms with Crippen LogP contribution in [0.2, 0.25) is 0 Å². The molecule has 59 heavy (non-hydrogen) atoms. The van der Waals surface area contributed by atoms with Crippen molar-refractivity contribution in [2.45, 2.75) is 0 Å². The molecule has 0 unspecified atom stereocenters. The minimum atomic E-state index is 0.604. The lowest BCUT2D eigenvalue weighted by molar-refractivity contribution is 0.617. The van der Waals surface area contributed by atoms with Gasteiger partial charge in [0.15, 0.2) is 5.58 Å². The van der Waals surface area contributed by atoms with E-state index in [1.54, 1.807) is 0 Å². The van der Waals surface area contributed by atoms with Gasteiger partial charge < -0.3 is 13.7 Å². The Kier molecular flexibility index (Phi) is 8.45. The van der Waals surface area contributed by atoms with Gasteiger partial charge >= 0.3 is 0 Å². The van der Waals surface area contributed by atoms with Gasteiger partial charge in [-0.05, 0) is 99.6 Å². The summed E-state index contributed by atoms with van der Waals surface area (Å²) in [6, 6.07) is 76.7. The Balaban J connectivity index is 0.956. The van der Waals surface area contributed by atoms with E-state index in [4.69, 9.17) is 13.8 Å². The molecule has 0 aliphatic heterocycles. The number of aromatic nitrogens is 1. The number of benzene rings is 9. The molecule has 0 amide bonds. The van der Waals surface area contributed by atoms with Gasteiger partial charge in [0, 0.05) is 39.3 Å². The Labute approximate surface area is 341 Å². The average Bonchev–Trinajstić information content (AvgIpc) is 3.90. The molecule has 2 aromatic heterocycles. The van der Waals surface area contributed by atoms with E-state index in [0.717, 1.165) is 72.3 Å². The number of hydrogen-bond acceptors (Lipinski definition) is 4. The third kappa shape index (κ3) is 6.43. The molecule has 278 valence electrons. The van der Waals surface area contributed by atoms with Gasteiger partial charge in [-0.15, -0.1) is 0 Å². The van der Waals surface area contributed by atoms with Gasteiger partial charge in [-0.2, -0.15) is 0 Å². The highest BCUT2D eigenvalue weighted by atomic mass is 16.4.